The van der Waals surface area contributed by atoms with E-state index in [2.05, 4.69) is 34.1 Å². The Morgan fingerprint density at radius 3 is 2.77 bits per heavy atom. The Bertz CT molecular complexity index is 1230. The Morgan fingerprint density at radius 2 is 1.95 bits per heavy atom. The number of aliphatic carboxylic acids is 1. The first kappa shape index (κ1) is 28.0. The molecule has 0 saturated heterocycles. The third kappa shape index (κ3) is 5.57. The zero-order chi connectivity index (χ0) is 27.6. The van der Waals surface area contributed by atoms with Crippen LogP contribution < -0.4 is 9.64 Å². The molecule has 0 unspecified atom stereocenters. The first-order valence-electron chi connectivity index (χ1n) is 14.3. The quantitative estimate of drug-likeness (QED) is 0.437. The fraction of sp³-hybridized carbons (Fsp3) is 0.531. The van der Waals surface area contributed by atoms with Gasteiger partial charge in [-0.3, -0.25) is 0 Å². The number of allylic oxidation sites excluding steroid dienone is 1. The van der Waals surface area contributed by atoms with Crippen molar-refractivity contribution in [2.45, 2.75) is 62.9 Å². The molecule has 2 aliphatic heterocycles. The van der Waals surface area contributed by atoms with Gasteiger partial charge in [0.2, 0.25) is 0 Å². The second-order valence-corrected chi connectivity index (χ2v) is 12.3. The lowest BCUT2D eigenvalue weighted by Gasteiger charge is -2.41. The standard InChI is InChI=1S/C32H41ClN2O4/c1-23-20-34(2)16-7-5-3-4-6-8-17-35-21-31(15-9-10-24-18-26(33)12-13-27(24)31)22-39-29-14-11-25(19-28(29)35)32(23,38)30(36)37/h5,7,11-14,18-19,23,38H,3-4,6,8-10,15-17,20-22H2,1-2H3,(H,36,37)/b7-5-/t23-,31+,32+/m1/s1. The molecule has 2 bridgehead atoms. The molecule has 2 heterocycles. The highest BCUT2D eigenvalue weighted by atomic mass is 35.5. The molecule has 0 fully saturated rings. The number of ether oxygens (including phenoxy) is 1. The number of hydrogen-bond acceptors (Lipinski definition) is 5. The number of aryl methyl sites for hydroxylation is 1. The van der Waals surface area contributed by atoms with Crippen molar-refractivity contribution >= 4 is 23.3 Å². The van der Waals surface area contributed by atoms with Gasteiger partial charge in [-0.1, -0.05) is 49.2 Å². The second kappa shape index (κ2) is 11.5. The number of carboxylic acid groups (broad SMARTS) is 1. The Morgan fingerprint density at radius 1 is 1.10 bits per heavy atom. The molecule has 39 heavy (non-hydrogen) atoms. The van der Waals surface area contributed by atoms with Crippen molar-refractivity contribution in [1.82, 2.24) is 4.90 Å². The summed E-state index contributed by atoms with van der Waals surface area (Å²) in [5.41, 5.74) is 1.68. The van der Waals surface area contributed by atoms with Crippen LogP contribution in [0, 0.1) is 5.92 Å². The number of likely N-dealkylation sites (N-methyl/N-ethyl adjacent to an activating group) is 1. The van der Waals surface area contributed by atoms with E-state index in [0.29, 0.717) is 18.7 Å². The topological polar surface area (TPSA) is 73.2 Å². The molecule has 0 aromatic heterocycles. The molecule has 0 radical (unpaired) electrons. The molecular formula is C32H41ClN2O4. The minimum Gasteiger partial charge on any atom is -0.490 e. The van der Waals surface area contributed by atoms with E-state index in [1.165, 1.54) is 11.1 Å². The molecule has 6 nitrogen and oxygen atoms in total. The van der Waals surface area contributed by atoms with Gasteiger partial charge in [0.1, 0.15) is 5.75 Å². The van der Waals surface area contributed by atoms with Crippen molar-refractivity contribution in [3.63, 3.8) is 0 Å². The van der Waals surface area contributed by atoms with Crippen molar-refractivity contribution in [2.24, 2.45) is 5.92 Å². The summed E-state index contributed by atoms with van der Waals surface area (Å²) < 4.78 is 6.55. The molecule has 3 aliphatic rings. The maximum Gasteiger partial charge on any atom is 0.340 e. The van der Waals surface area contributed by atoms with E-state index in [0.717, 1.165) is 81.0 Å². The Balaban J connectivity index is 1.57. The lowest BCUT2D eigenvalue weighted by Crippen LogP contribution is -2.47. The predicted molar refractivity (Wildman–Crippen MR) is 156 cm³/mol. The van der Waals surface area contributed by atoms with Crippen LogP contribution in [0.1, 0.15) is 62.1 Å². The highest BCUT2D eigenvalue weighted by molar-refractivity contribution is 6.30. The Labute approximate surface area is 237 Å². The van der Waals surface area contributed by atoms with Gasteiger partial charge in [-0.05, 0) is 86.5 Å². The summed E-state index contributed by atoms with van der Waals surface area (Å²) >= 11 is 6.37. The number of rotatable bonds is 1. The largest absolute Gasteiger partial charge is 0.490 e. The Kier molecular flexibility index (Phi) is 8.27. The molecule has 5 rings (SSSR count). The van der Waals surface area contributed by atoms with E-state index in [-0.39, 0.29) is 5.41 Å². The zero-order valence-corrected chi connectivity index (χ0v) is 23.9. The van der Waals surface area contributed by atoms with Crippen LogP contribution in [0.2, 0.25) is 5.02 Å². The number of benzene rings is 2. The van der Waals surface area contributed by atoms with Crippen LogP contribution in [-0.2, 0) is 22.2 Å². The maximum absolute atomic E-state index is 12.6. The van der Waals surface area contributed by atoms with Crippen LogP contribution in [0.5, 0.6) is 5.75 Å². The van der Waals surface area contributed by atoms with Gasteiger partial charge in [-0.25, -0.2) is 4.79 Å². The SMILES string of the molecule is C[C@@H]1CN(C)C/C=C\CCCCCN2C[C@@]3(CCCc4cc(Cl)ccc43)COc3ccc(cc32)[C@]1(O)C(=O)O. The smallest absolute Gasteiger partial charge is 0.340 e. The summed E-state index contributed by atoms with van der Waals surface area (Å²) in [6.45, 7) is 5.17. The molecule has 1 spiro atoms. The molecule has 0 saturated carbocycles. The van der Waals surface area contributed by atoms with E-state index in [1.54, 1.807) is 6.07 Å². The van der Waals surface area contributed by atoms with Crippen LogP contribution in [0.15, 0.2) is 48.6 Å². The number of nitrogens with zero attached hydrogens (tertiary/aromatic N) is 2. The van der Waals surface area contributed by atoms with Crippen molar-refractivity contribution < 1.29 is 19.7 Å². The van der Waals surface area contributed by atoms with E-state index >= 15 is 0 Å². The number of halogens is 1. The number of carboxylic acids is 1. The predicted octanol–water partition coefficient (Wildman–Crippen LogP) is 5.78. The van der Waals surface area contributed by atoms with Gasteiger partial charge in [0, 0.05) is 42.5 Å². The first-order chi connectivity index (χ1) is 18.7. The third-order valence-electron chi connectivity index (χ3n) is 8.98. The minimum absolute atomic E-state index is 0.181. The number of carbonyl (C=O) groups is 1. The van der Waals surface area contributed by atoms with E-state index in [4.69, 9.17) is 16.3 Å². The van der Waals surface area contributed by atoms with Crippen molar-refractivity contribution in [3.8, 4) is 5.75 Å². The van der Waals surface area contributed by atoms with Crippen molar-refractivity contribution in [1.29, 1.82) is 0 Å². The summed E-state index contributed by atoms with van der Waals surface area (Å²) in [4.78, 5) is 17.1. The number of anilines is 1. The normalized spacial score (nSPS) is 29.2. The second-order valence-electron chi connectivity index (χ2n) is 11.8. The van der Waals surface area contributed by atoms with E-state index in [1.807, 2.05) is 32.2 Å². The number of aliphatic hydroxyl groups is 1. The fourth-order valence-electron chi connectivity index (χ4n) is 6.79. The summed E-state index contributed by atoms with van der Waals surface area (Å²) in [5.74, 6) is -1.00. The van der Waals surface area contributed by atoms with Gasteiger partial charge in [0.15, 0.2) is 5.60 Å². The van der Waals surface area contributed by atoms with Gasteiger partial charge in [-0.15, -0.1) is 0 Å². The Hall–Kier alpha value is -2.54. The van der Waals surface area contributed by atoms with E-state index in [9.17, 15) is 15.0 Å². The molecule has 2 aromatic rings. The molecular weight excluding hydrogens is 512 g/mol. The monoisotopic (exact) mass is 552 g/mol. The third-order valence-corrected chi connectivity index (χ3v) is 9.22. The molecule has 3 atom stereocenters. The van der Waals surface area contributed by atoms with Crippen LogP contribution in [0.3, 0.4) is 0 Å². The number of hydrogen-bond donors (Lipinski definition) is 2. The summed E-state index contributed by atoms with van der Waals surface area (Å²) in [5, 5.41) is 22.8. The van der Waals surface area contributed by atoms with Crippen LogP contribution >= 0.6 is 11.6 Å². The van der Waals surface area contributed by atoms with Gasteiger partial charge in [-0.2, -0.15) is 0 Å². The molecule has 7 heteroatoms. The molecule has 210 valence electrons. The molecule has 2 aromatic carbocycles. The molecule has 1 aliphatic carbocycles. The first-order valence-corrected chi connectivity index (χ1v) is 14.7. The van der Waals surface area contributed by atoms with Crippen molar-refractivity contribution in [2.75, 3.05) is 44.7 Å². The fourth-order valence-corrected chi connectivity index (χ4v) is 6.99. The molecule has 0 amide bonds. The zero-order valence-electron chi connectivity index (χ0n) is 23.2. The minimum atomic E-state index is -2.02. The lowest BCUT2D eigenvalue weighted by molar-refractivity contribution is -0.166. The molecule has 2 N–H and O–H groups in total. The van der Waals surface area contributed by atoms with Gasteiger partial charge in [0.25, 0.3) is 0 Å². The average Bonchev–Trinajstić information content (AvgIpc) is 3.06. The van der Waals surface area contributed by atoms with Crippen LogP contribution in [0.4, 0.5) is 5.69 Å². The highest BCUT2D eigenvalue weighted by Crippen LogP contribution is 2.46. The summed E-state index contributed by atoms with van der Waals surface area (Å²) in [6.07, 6.45) is 11.8. The van der Waals surface area contributed by atoms with Gasteiger partial charge >= 0.3 is 5.97 Å². The van der Waals surface area contributed by atoms with Gasteiger partial charge < -0.3 is 24.7 Å². The highest BCUT2D eigenvalue weighted by Gasteiger charge is 2.46. The van der Waals surface area contributed by atoms with Gasteiger partial charge in [0.05, 0.1) is 12.3 Å². The number of fused-ring (bicyclic) bond motifs is 3. The van der Waals surface area contributed by atoms with Crippen molar-refractivity contribution in [3.05, 3.63) is 70.3 Å². The van der Waals surface area contributed by atoms with Crippen LogP contribution in [-0.4, -0.2) is 60.9 Å². The summed E-state index contributed by atoms with van der Waals surface area (Å²) in [7, 11) is 1.97. The average molecular weight is 553 g/mol. The lowest BCUT2D eigenvalue weighted by atomic mass is 9.70. The van der Waals surface area contributed by atoms with E-state index < -0.39 is 17.5 Å². The summed E-state index contributed by atoms with van der Waals surface area (Å²) in [6, 6.07) is 11.7. The van der Waals surface area contributed by atoms with Crippen LogP contribution in [0.25, 0.3) is 0 Å². The maximum atomic E-state index is 12.6.